The molecule has 4 unspecified atom stereocenters. The zero-order chi connectivity index (χ0) is 25.5. The number of aliphatic hydroxyl groups excluding tert-OH is 1. The van der Waals surface area contributed by atoms with Crippen molar-refractivity contribution < 1.29 is 24.2 Å². The van der Waals surface area contributed by atoms with Crippen molar-refractivity contribution in [3.05, 3.63) is 61.8 Å². The van der Waals surface area contributed by atoms with Crippen LogP contribution in [0.4, 0.5) is 4.39 Å². The molecular weight excluding hydrogens is 489 g/mol. The van der Waals surface area contributed by atoms with Crippen LogP contribution in [0.25, 0.3) is 0 Å². The summed E-state index contributed by atoms with van der Waals surface area (Å²) in [6, 6.07) is 4.15. The predicted molar refractivity (Wildman–Crippen MR) is 127 cm³/mol. The van der Waals surface area contributed by atoms with Crippen LogP contribution >= 0.6 is 11.6 Å². The number of amides is 2. The molecule has 2 aliphatic carbocycles. The first-order valence-corrected chi connectivity index (χ1v) is 12.3. The van der Waals surface area contributed by atoms with Gasteiger partial charge in [0.1, 0.15) is 17.2 Å². The lowest BCUT2D eigenvalue weighted by atomic mass is 9.82. The number of rotatable bonds is 4. The molecule has 10 heteroatoms. The standard InChI is InChI=1S/C26H23ClFN3O5/c1-13(32)11-30-24(35)21-16-7-9-29(12-14-2-5-19(28)18(27)10-14)23(34)20(16)22(33)25(36)31(21)26(30)8-6-15-3-4-17(15)26/h2,5,10,13,15,17,32-33H,6-9,11-12H2,1H3. The highest BCUT2D eigenvalue weighted by Gasteiger charge is 2.62. The third kappa shape index (κ3) is 2.95. The quantitative estimate of drug-likeness (QED) is 0.612. The highest BCUT2D eigenvalue weighted by atomic mass is 35.5. The average molecular weight is 512 g/mol. The van der Waals surface area contributed by atoms with Gasteiger partial charge in [-0.15, -0.1) is 0 Å². The number of aliphatic hydroxyl groups is 1. The van der Waals surface area contributed by atoms with E-state index in [1.165, 1.54) is 32.6 Å². The fourth-order valence-electron chi connectivity index (χ4n) is 6.26. The maximum absolute atomic E-state index is 13.8. The van der Waals surface area contributed by atoms with Gasteiger partial charge in [0.2, 0.25) is 0 Å². The number of halogens is 2. The molecule has 1 spiro atoms. The van der Waals surface area contributed by atoms with E-state index in [9.17, 15) is 29.0 Å². The van der Waals surface area contributed by atoms with E-state index in [-0.39, 0.29) is 54.2 Å². The van der Waals surface area contributed by atoms with Gasteiger partial charge in [0.15, 0.2) is 5.75 Å². The van der Waals surface area contributed by atoms with Crippen molar-refractivity contribution >= 4 is 23.4 Å². The fraction of sp³-hybridized carbons (Fsp3) is 0.423. The van der Waals surface area contributed by atoms with Crippen molar-refractivity contribution in [3.8, 4) is 17.6 Å². The van der Waals surface area contributed by atoms with Crippen molar-refractivity contribution in [3.63, 3.8) is 0 Å². The third-order valence-corrected chi connectivity index (χ3v) is 8.13. The minimum Gasteiger partial charge on any atom is -0.502 e. The molecule has 4 atom stereocenters. The minimum absolute atomic E-state index is 0.00574. The van der Waals surface area contributed by atoms with Gasteiger partial charge in [-0.1, -0.05) is 29.5 Å². The van der Waals surface area contributed by atoms with Crippen LogP contribution in [0.15, 0.2) is 23.0 Å². The van der Waals surface area contributed by atoms with Crippen molar-refractivity contribution in [2.75, 3.05) is 13.1 Å². The molecule has 2 aromatic rings. The molecule has 0 radical (unpaired) electrons. The van der Waals surface area contributed by atoms with Gasteiger partial charge in [-0.05, 0) is 43.9 Å². The summed E-state index contributed by atoms with van der Waals surface area (Å²) in [5, 5.41) is 21.2. The van der Waals surface area contributed by atoms with Gasteiger partial charge in [0, 0.05) is 31.1 Å². The van der Waals surface area contributed by atoms with Crippen LogP contribution < -0.4 is 5.56 Å². The van der Waals surface area contributed by atoms with Crippen LogP contribution in [-0.2, 0) is 18.6 Å². The van der Waals surface area contributed by atoms with Gasteiger partial charge in [-0.25, -0.2) is 4.39 Å². The van der Waals surface area contributed by atoms with Crippen LogP contribution in [0.3, 0.4) is 0 Å². The number of pyridine rings is 1. The molecule has 0 bridgehead atoms. The Morgan fingerprint density at radius 3 is 2.67 bits per heavy atom. The maximum atomic E-state index is 13.8. The second-order valence-corrected chi connectivity index (χ2v) is 10.4. The third-order valence-electron chi connectivity index (χ3n) is 7.84. The average Bonchev–Trinajstić information content (AvgIpc) is 3.20. The number of hydrogen-bond acceptors (Lipinski definition) is 5. The molecule has 2 aliphatic heterocycles. The number of nitrogens with zero attached hydrogens (tertiary/aromatic N) is 3. The summed E-state index contributed by atoms with van der Waals surface area (Å²) < 4.78 is 14.9. The first-order chi connectivity index (χ1) is 17.1. The van der Waals surface area contributed by atoms with E-state index in [1.807, 2.05) is 0 Å². The molecule has 1 aromatic heterocycles. The highest BCUT2D eigenvalue weighted by Crippen LogP contribution is 2.54. The molecule has 0 saturated heterocycles. The predicted octanol–water partition coefficient (Wildman–Crippen LogP) is 2.08. The van der Waals surface area contributed by atoms with Crippen LogP contribution in [-0.4, -0.2) is 55.6 Å². The second-order valence-electron chi connectivity index (χ2n) is 9.97. The summed E-state index contributed by atoms with van der Waals surface area (Å²) in [5.41, 5.74) is -1.05. The van der Waals surface area contributed by atoms with Crippen molar-refractivity contribution in [2.45, 2.75) is 44.5 Å². The largest absolute Gasteiger partial charge is 0.502 e. The number of benzene rings is 1. The monoisotopic (exact) mass is 511 g/mol. The Morgan fingerprint density at radius 1 is 1.25 bits per heavy atom. The van der Waals surface area contributed by atoms with Crippen LogP contribution in [0.2, 0.25) is 5.02 Å². The Bertz CT molecular complexity index is 1470. The van der Waals surface area contributed by atoms with E-state index in [0.29, 0.717) is 24.0 Å². The van der Waals surface area contributed by atoms with Crippen molar-refractivity contribution in [1.82, 2.24) is 14.4 Å². The molecule has 36 heavy (non-hydrogen) atoms. The molecule has 1 fully saturated rings. The second kappa shape index (κ2) is 7.82. The Kier molecular flexibility index (Phi) is 5.01. The van der Waals surface area contributed by atoms with Gasteiger partial charge in [0.05, 0.1) is 22.6 Å². The van der Waals surface area contributed by atoms with Gasteiger partial charge >= 0.3 is 0 Å². The molecular formula is C26H23ClFN3O5. The molecule has 2 amide bonds. The van der Waals surface area contributed by atoms with E-state index < -0.39 is 40.7 Å². The van der Waals surface area contributed by atoms with Gasteiger partial charge in [0.25, 0.3) is 17.4 Å². The van der Waals surface area contributed by atoms with E-state index in [2.05, 4.69) is 11.8 Å². The molecule has 8 nitrogen and oxygen atoms in total. The lowest BCUT2D eigenvalue weighted by Crippen LogP contribution is -2.55. The smallest absolute Gasteiger partial charge is 0.296 e. The van der Waals surface area contributed by atoms with Crippen LogP contribution in [0, 0.1) is 29.5 Å². The number of hydrogen-bond donors (Lipinski definition) is 2. The summed E-state index contributed by atoms with van der Waals surface area (Å²) in [6.45, 7) is 1.91. The summed E-state index contributed by atoms with van der Waals surface area (Å²) in [6.07, 6.45) is 0.547. The molecule has 6 rings (SSSR count). The number of aromatic nitrogens is 1. The van der Waals surface area contributed by atoms with E-state index in [0.717, 1.165) is 0 Å². The maximum Gasteiger partial charge on any atom is 0.296 e. The van der Waals surface area contributed by atoms with Crippen LogP contribution in [0.1, 0.15) is 51.7 Å². The molecule has 3 heterocycles. The van der Waals surface area contributed by atoms with Crippen LogP contribution in [0.5, 0.6) is 5.75 Å². The van der Waals surface area contributed by atoms with Crippen molar-refractivity contribution in [1.29, 1.82) is 0 Å². The normalized spacial score (nSPS) is 26.3. The fourth-order valence-corrected chi connectivity index (χ4v) is 6.47. The highest BCUT2D eigenvalue weighted by molar-refractivity contribution is 6.30. The molecule has 186 valence electrons. The lowest BCUT2D eigenvalue weighted by Gasteiger charge is -2.42. The van der Waals surface area contributed by atoms with E-state index in [1.54, 1.807) is 6.92 Å². The molecule has 2 N–H and O–H groups in total. The topological polar surface area (TPSA) is 103 Å². The van der Waals surface area contributed by atoms with Gasteiger partial charge < -0.3 is 20.0 Å². The number of fused-ring (bicyclic) bond motifs is 6. The molecule has 1 aromatic carbocycles. The SMILES string of the molecule is CC(O)CN1C(=O)c2c3c(c(O)c(=O)n2C12CCC1C#CC12)C(=O)N(Cc1ccc(F)c(Cl)c1)CC3. The number of β-amino-alcohol motifs (C(OH)–C–C–N with tert-alkyl or cyclic N) is 1. The Morgan fingerprint density at radius 2 is 2.03 bits per heavy atom. The lowest BCUT2D eigenvalue weighted by molar-refractivity contribution is -0.000628. The number of aromatic hydroxyl groups is 1. The Hall–Kier alpha value is -3.35. The summed E-state index contributed by atoms with van der Waals surface area (Å²) >= 11 is 5.88. The summed E-state index contributed by atoms with van der Waals surface area (Å²) in [4.78, 5) is 43.9. The first-order valence-electron chi connectivity index (χ1n) is 11.9. The summed E-state index contributed by atoms with van der Waals surface area (Å²) in [7, 11) is 0. The number of carbonyl (C=O) groups is 2. The minimum atomic E-state index is -1.09. The summed E-state index contributed by atoms with van der Waals surface area (Å²) in [5.74, 6) is 3.66. The molecule has 4 aliphatic rings. The Labute approximate surface area is 210 Å². The van der Waals surface area contributed by atoms with Gasteiger partial charge in [-0.2, -0.15) is 0 Å². The van der Waals surface area contributed by atoms with E-state index >= 15 is 0 Å². The van der Waals surface area contributed by atoms with Crippen molar-refractivity contribution in [2.24, 2.45) is 11.8 Å². The zero-order valence-electron chi connectivity index (χ0n) is 19.4. The first kappa shape index (κ1) is 23.1. The van der Waals surface area contributed by atoms with E-state index in [4.69, 9.17) is 11.6 Å². The molecule has 1 saturated carbocycles. The van der Waals surface area contributed by atoms with Gasteiger partial charge in [-0.3, -0.25) is 19.0 Å². The zero-order valence-corrected chi connectivity index (χ0v) is 20.2. The Balaban J connectivity index is 1.47. The number of carbonyl (C=O) groups excluding carboxylic acids is 2.